The van der Waals surface area contributed by atoms with Gasteiger partial charge in [-0.15, -0.1) is 0 Å². The lowest BCUT2D eigenvalue weighted by atomic mass is 10.2. The van der Waals surface area contributed by atoms with Crippen LogP contribution in [0.25, 0.3) is 0 Å². The van der Waals surface area contributed by atoms with Gasteiger partial charge in [0.15, 0.2) is 0 Å². The molecule has 0 spiro atoms. The molecule has 1 aromatic carbocycles. The van der Waals surface area contributed by atoms with Crippen molar-refractivity contribution < 1.29 is 28.5 Å². The van der Waals surface area contributed by atoms with E-state index in [0.29, 0.717) is 46.2 Å². The van der Waals surface area contributed by atoms with Gasteiger partial charge in [0.2, 0.25) is 5.91 Å². The molecule has 0 fully saturated rings. The van der Waals surface area contributed by atoms with Crippen molar-refractivity contribution in [3.05, 3.63) is 35.9 Å². The predicted molar refractivity (Wildman–Crippen MR) is 92.0 cm³/mol. The van der Waals surface area contributed by atoms with Crippen LogP contribution in [0.1, 0.15) is 18.9 Å². The second-order valence-corrected chi connectivity index (χ2v) is 5.09. The highest BCUT2D eigenvalue weighted by Crippen LogP contribution is 2.01. The monoisotopic (exact) mass is 353 g/mol. The van der Waals surface area contributed by atoms with Crippen molar-refractivity contribution in [2.45, 2.75) is 20.0 Å². The Morgan fingerprint density at radius 1 is 0.920 bits per heavy atom. The van der Waals surface area contributed by atoms with Gasteiger partial charge < -0.3 is 24.3 Å². The number of carbonyl (C=O) groups excluding carboxylic acids is 2. The van der Waals surface area contributed by atoms with Crippen molar-refractivity contribution in [3.63, 3.8) is 0 Å². The van der Waals surface area contributed by atoms with E-state index in [1.54, 1.807) is 0 Å². The predicted octanol–water partition coefficient (Wildman–Crippen LogP) is 1.31. The van der Waals surface area contributed by atoms with E-state index in [4.69, 9.17) is 18.9 Å². The van der Waals surface area contributed by atoms with E-state index >= 15 is 0 Å². The highest BCUT2D eigenvalue weighted by atomic mass is 16.5. The van der Waals surface area contributed by atoms with Crippen LogP contribution in [-0.4, -0.2) is 58.1 Å². The molecule has 0 radical (unpaired) electrons. The smallest absolute Gasteiger partial charge is 0.315 e. The molecular weight excluding hydrogens is 326 g/mol. The molecule has 0 atom stereocenters. The standard InChI is InChI=1S/C18H27NO6/c1-2-22-10-11-24-13-12-23-9-8-19-17(20)14-18(21)25-15-16-6-4-3-5-7-16/h3-7H,2,8-15H2,1H3,(H,19,20). The fraction of sp³-hybridized carbons (Fsp3) is 0.556. The van der Waals surface area contributed by atoms with Crippen molar-refractivity contribution >= 4 is 11.9 Å². The molecule has 0 heterocycles. The number of hydrogen-bond donors (Lipinski definition) is 1. The van der Waals surface area contributed by atoms with Crippen molar-refractivity contribution in [1.82, 2.24) is 5.32 Å². The molecule has 0 saturated heterocycles. The lowest BCUT2D eigenvalue weighted by Crippen LogP contribution is -2.29. The lowest BCUT2D eigenvalue weighted by molar-refractivity contribution is -0.147. The summed E-state index contributed by atoms with van der Waals surface area (Å²) in [5, 5.41) is 2.60. The van der Waals surface area contributed by atoms with Gasteiger partial charge in [-0.25, -0.2) is 0 Å². The number of esters is 1. The number of rotatable bonds is 14. The van der Waals surface area contributed by atoms with Crippen molar-refractivity contribution in [2.24, 2.45) is 0 Å². The Morgan fingerprint density at radius 3 is 2.24 bits per heavy atom. The summed E-state index contributed by atoms with van der Waals surface area (Å²) in [4.78, 5) is 23.2. The molecule has 0 aliphatic heterocycles. The molecule has 25 heavy (non-hydrogen) atoms. The van der Waals surface area contributed by atoms with Gasteiger partial charge in [-0.1, -0.05) is 30.3 Å². The zero-order valence-corrected chi connectivity index (χ0v) is 14.7. The Morgan fingerprint density at radius 2 is 1.56 bits per heavy atom. The van der Waals surface area contributed by atoms with Crippen molar-refractivity contribution in [2.75, 3.05) is 46.2 Å². The lowest BCUT2D eigenvalue weighted by Gasteiger charge is -2.08. The van der Waals surface area contributed by atoms with Gasteiger partial charge in [0, 0.05) is 13.2 Å². The molecule has 0 aliphatic carbocycles. The summed E-state index contributed by atoms with van der Waals surface area (Å²) < 4.78 is 20.8. The van der Waals surface area contributed by atoms with Crippen LogP contribution in [0.5, 0.6) is 0 Å². The van der Waals surface area contributed by atoms with E-state index in [9.17, 15) is 9.59 Å². The minimum atomic E-state index is -0.551. The average Bonchev–Trinajstić information content (AvgIpc) is 2.62. The molecule has 1 rings (SSSR count). The number of ether oxygens (including phenoxy) is 4. The third-order valence-electron chi connectivity index (χ3n) is 3.06. The average molecular weight is 353 g/mol. The molecule has 7 nitrogen and oxygen atoms in total. The fourth-order valence-electron chi connectivity index (χ4n) is 1.83. The Balaban J connectivity index is 1.93. The fourth-order valence-corrected chi connectivity index (χ4v) is 1.83. The summed E-state index contributed by atoms with van der Waals surface area (Å²) >= 11 is 0. The number of nitrogens with one attached hydrogen (secondary N) is 1. The van der Waals surface area contributed by atoms with Crippen LogP contribution >= 0.6 is 0 Å². The van der Waals surface area contributed by atoms with Gasteiger partial charge in [-0.3, -0.25) is 9.59 Å². The maximum absolute atomic E-state index is 11.6. The first-order valence-electron chi connectivity index (χ1n) is 8.42. The summed E-state index contributed by atoms with van der Waals surface area (Å²) in [6.07, 6.45) is -0.298. The largest absolute Gasteiger partial charge is 0.460 e. The number of amides is 1. The number of hydrogen-bond acceptors (Lipinski definition) is 6. The van der Waals surface area contributed by atoms with Gasteiger partial charge in [-0.05, 0) is 12.5 Å². The van der Waals surface area contributed by atoms with E-state index in [2.05, 4.69) is 5.32 Å². The highest BCUT2D eigenvalue weighted by molar-refractivity contribution is 5.94. The summed E-state index contributed by atoms with van der Waals surface area (Å²) in [5.74, 6) is -0.931. The van der Waals surface area contributed by atoms with Crippen LogP contribution in [0.3, 0.4) is 0 Å². The molecule has 1 amide bonds. The van der Waals surface area contributed by atoms with Gasteiger partial charge in [-0.2, -0.15) is 0 Å². The molecule has 140 valence electrons. The van der Waals surface area contributed by atoms with Crippen molar-refractivity contribution in [3.8, 4) is 0 Å². The third kappa shape index (κ3) is 12.1. The van der Waals surface area contributed by atoms with Crippen LogP contribution in [0.4, 0.5) is 0 Å². The minimum absolute atomic E-state index is 0.166. The Labute approximate surface area is 148 Å². The molecule has 0 aliphatic rings. The second-order valence-electron chi connectivity index (χ2n) is 5.09. The Hall–Kier alpha value is -1.96. The number of benzene rings is 1. The van der Waals surface area contributed by atoms with Gasteiger partial charge >= 0.3 is 5.97 Å². The molecule has 1 N–H and O–H groups in total. The highest BCUT2D eigenvalue weighted by Gasteiger charge is 2.10. The Bertz CT molecular complexity index is 480. The SMILES string of the molecule is CCOCCOCCOCCNC(=O)CC(=O)OCc1ccccc1. The van der Waals surface area contributed by atoms with Crippen LogP contribution in [0, 0.1) is 0 Å². The molecule has 1 aromatic rings. The first kappa shape index (κ1) is 21.1. The van der Waals surface area contributed by atoms with Gasteiger partial charge in [0.1, 0.15) is 13.0 Å². The zero-order valence-electron chi connectivity index (χ0n) is 14.7. The number of carbonyl (C=O) groups is 2. The first-order chi connectivity index (χ1) is 12.2. The summed E-state index contributed by atoms with van der Waals surface area (Å²) in [6, 6.07) is 9.31. The molecule has 0 saturated carbocycles. The normalized spacial score (nSPS) is 10.4. The maximum Gasteiger partial charge on any atom is 0.315 e. The molecule has 7 heteroatoms. The molecule has 0 unspecified atom stereocenters. The first-order valence-corrected chi connectivity index (χ1v) is 8.42. The molecular formula is C18H27NO6. The topological polar surface area (TPSA) is 83.1 Å². The Kier molecular flexibility index (Phi) is 12.1. The van der Waals surface area contributed by atoms with Crippen LogP contribution in [0.2, 0.25) is 0 Å². The van der Waals surface area contributed by atoms with E-state index in [1.165, 1.54) is 0 Å². The summed E-state index contributed by atoms with van der Waals surface area (Å²) in [7, 11) is 0. The molecule has 0 bridgehead atoms. The minimum Gasteiger partial charge on any atom is -0.460 e. The van der Waals surface area contributed by atoms with Gasteiger partial charge in [0.05, 0.1) is 33.0 Å². The summed E-state index contributed by atoms with van der Waals surface area (Å²) in [6.45, 7) is 5.52. The van der Waals surface area contributed by atoms with Crippen LogP contribution in [0.15, 0.2) is 30.3 Å². The molecule has 0 aromatic heterocycles. The van der Waals surface area contributed by atoms with Gasteiger partial charge in [0.25, 0.3) is 0 Å². The van der Waals surface area contributed by atoms with E-state index < -0.39 is 5.97 Å². The summed E-state index contributed by atoms with van der Waals surface area (Å²) in [5.41, 5.74) is 0.883. The quantitative estimate of drug-likeness (QED) is 0.308. The van der Waals surface area contributed by atoms with Crippen LogP contribution in [-0.2, 0) is 35.1 Å². The van der Waals surface area contributed by atoms with E-state index in [1.807, 2.05) is 37.3 Å². The van der Waals surface area contributed by atoms with E-state index in [0.717, 1.165) is 5.56 Å². The zero-order chi connectivity index (χ0) is 18.2. The third-order valence-corrected chi connectivity index (χ3v) is 3.06. The maximum atomic E-state index is 11.6. The van der Waals surface area contributed by atoms with Crippen molar-refractivity contribution in [1.29, 1.82) is 0 Å². The second kappa shape index (κ2) is 14.4. The van der Waals surface area contributed by atoms with Crippen LogP contribution < -0.4 is 5.32 Å². The van der Waals surface area contributed by atoms with E-state index in [-0.39, 0.29) is 18.9 Å².